The van der Waals surface area contributed by atoms with Crippen LogP contribution in [0.4, 0.5) is 0 Å². The number of para-hydroxylation sites is 2. The van der Waals surface area contributed by atoms with Crippen LogP contribution in [0, 0.1) is 0 Å². The Morgan fingerprint density at radius 3 is 1.76 bits per heavy atom. The second kappa shape index (κ2) is 10.1. The zero-order chi connectivity index (χ0) is 33.1. The van der Waals surface area contributed by atoms with Crippen molar-refractivity contribution in [1.29, 1.82) is 0 Å². The van der Waals surface area contributed by atoms with Gasteiger partial charge < -0.3 is 9.47 Å². The van der Waals surface area contributed by atoms with Gasteiger partial charge in [-0.25, -0.2) is 0 Å². The molecule has 1 aliphatic heterocycles. The van der Waals surface area contributed by atoms with Gasteiger partial charge in [0.1, 0.15) is 0 Å². The van der Waals surface area contributed by atoms with Crippen LogP contribution in [0.3, 0.4) is 0 Å². The molecule has 2 nitrogen and oxygen atoms in total. The average molecular weight is 659 g/mol. The highest BCUT2D eigenvalue weighted by atomic mass is 32.1. The monoisotopic (exact) mass is 658 g/mol. The van der Waals surface area contributed by atoms with E-state index >= 15 is 0 Å². The first-order valence-corrected chi connectivity index (χ1v) is 18.0. The summed E-state index contributed by atoms with van der Waals surface area (Å²) < 4.78 is 15.9. The van der Waals surface area contributed by atoms with Gasteiger partial charge in [0, 0.05) is 31.2 Å². The Kier molecular flexibility index (Phi) is 5.64. The zero-order valence-electron chi connectivity index (χ0n) is 27.6. The molecule has 1 aromatic heterocycles. The third-order valence-corrected chi connectivity index (χ3v) is 12.1. The minimum Gasteiger partial charge on any atom is -0.449 e. The summed E-state index contributed by atoms with van der Waals surface area (Å²) in [5.74, 6) is 3.03. The van der Waals surface area contributed by atoms with Gasteiger partial charge in [-0.3, -0.25) is 0 Å². The molecule has 2 heterocycles. The number of benzene rings is 8. The minimum atomic E-state index is -0.222. The maximum atomic E-state index is 6.75. The second-order valence-corrected chi connectivity index (χ2v) is 15.1. The molecule has 0 amide bonds. The molecule has 2 aliphatic rings. The fraction of sp³-hybridized carbons (Fsp3) is 0.0638. The number of rotatable bonds is 2. The first-order valence-electron chi connectivity index (χ1n) is 17.2. The van der Waals surface area contributed by atoms with Crippen molar-refractivity contribution in [2.75, 3.05) is 0 Å². The Morgan fingerprint density at radius 2 is 1.02 bits per heavy atom. The van der Waals surface area contributed by atoms with Crippen LogP contribution in [0.1, 0.15) is 25.0 Å². The maximum absolute atomic E-state index is 6.75. The van der Waals surface area contributed by atoms with E-state index in [1.165, 1.54) is 80.7 Å². The zero-order valence-corrected chi connectivity index (χ0v) is 28.4. The van der Waals surface area contributed by atoms with E-state index in [4.69, 9.17) is 9.47 Å². The standard InChI is InChI=1S/C47H30O2S/c1-47(2)35-18-11-17-33(44(35)45-36(47)23-24-39-46(45)49-38-20-9-8-19-37(38)48-39)43-31-15-5-3-13-29(31)42(30-14-4-6-16-32(30)43)27-22-25-41-34(26-27)28-12-7-10-21-40(28)50-41/h3-26H,1-2H3. The quantitative estimate of drug-likeness (QED) is 0.172. The van der Waals surface area contributed by atoms with E-state index < -0.39 is 0 Å². The lowest BCUT2D eigenvalue weighted by Gasteiger charge is -2.25. The highest BCUT2D eigenvalue weighted by Gasteiger charge is 2.41. The van der Waals surface area contributed by atoms with Crippen LogP contribution >= 0.6 is 11.3 Å². The molecule has 11 rings (SSSR count). The van der Waals surface area contributed by atoms with Crippen molar-refractivity contribution in [3.63, 3.8) is 0 Å². The van der Waals surface area contributed by atoms with Crippen LogP contribution in [0.5, 0.6) is 23.0 Å². The fourth-order valence-corrected chi connectivity index (χ4v) is 9.75. The smallest absolute Gasteiger partial charge is 0.178 e. The lowest BCUT2D eigenvalue weighted by atomic mass is 9.80. The number of thiophene rings is 1. The van der Waals surface area contributed by atoms with Gasteiger partial charge in [0.25, 0.3) is 0 Å². The van der Waals surface area contributed by atoms with Gasteiger partial charge in [-0.1, -0.05) is 123 Å². The Labute approximate surface area is 293 Å². The van der Waals surface area contributed by atoms with Gasteiger partial charge in [0.15, 0.2) is 23.0 Å². The highest BCUT2D eigenvalue weighted by molar-refractivity contribution is 7.25. The Bertz CT molecular complexity index is 2850. The Hall–Kier alpha value is -5.90. The molecule has 236 valence electrons. The molecular formula is C47H30O2S. The predicted octanol–water partition coefficient (Wildman–Crippen LogP) is 13.9. The first kappa shape index (κ1) is 28.0. The molecule has 0 spiro atoms. The molecule has 3 heteroatoms. The normalized spacial score (nSPS) is 13.9. The van der Waals surface area contributed by atoms with Crippen LogP contribution < -0.4 is 9.47 Å². The van der Waals surface area contributed by atoms with Crippen LogP contribution in [0.25, 0.3) is 75.1 Å². The Morgan fingerprint density at radius 1 is 0.420 bits per heavy atom. The molecule has 0 N–H and O–H groups in total. The summed E-state index contributed by atoms with van der Waals surface area (Å²) in [6.07, 6.45) is 0. The number of ether oxygens (including phenoxy) is 2. The van der Waals surface area contributed by atoms with Gasteiger partial charge in [-0.05, 0) is 96.9 Å². The van der Waals surface area contributed by atoms with Gasteiger partial charge in [0.05, 0.1) is 0 Å². The van der Waals surface area contributed by atoms with Crippen molar-refractivity contribution in [3.05, 3.63) is 157 Å². The maximum Gasteiger partial charge on any atom is 0.178 e. The van der Waals surface area contributed by atoms with E-state index in [0.29, 0.717) is 0 Å². The number of hydrogen-bond acceptors (Lipinski definition) is 3. The third-order valence-electron chi connectivity index (χ3n) is 10.9. The lowest BCUT2D eigenvalue weighted by molar-refractivity contribution is 0.360. The molecule has 0 bridgehead atoms. The minimum absolute atomic E-state index is 0.222. The molecule has 9 aromatic rings. The predicted molar refractivity (Wildman–Crippen MR) is 209 cm³/mol. The van der Waals surface area contributed by atoms with Crippen molar-refractivity contribution in [3.8, 4) is 56.4 Å². The number of hydrogen-bond donors (Lipinski definition) is 0. The van der Waals surface area contributed by atoms with E-state index in [2.05, 4.69) is 135 Å². The summed E-state index contributed by atoms with van der Waals surface area (Å²) in [6.45, 7) is 4.66. The molecule has 0 radical (unpaired) electrons. The van der Waals surface area contributed by atoms with Crippen molar-refractivity contribution in [2.24, 2.45) is 0 Å². The Balaban J connectivity index is 1.22. The molecule has 0 saturated heterocycles. The van der Waals surface area contributed by atoms with Crippen LogP contribution in [0.15, 0.2) is 146 Å². The third kappa shape index (κ3) is 3.73. The van der Waals surface area contributed by atoms with Crippen LogP contribution in [-0.2, 0) is 5.41 Å². The van der Waals surface area contributed by atoms with Crippen molar-refractivity contribution < 1.29 is 9.47 Å². The second-order valence-electron chi connectivity index (χ2n) is 14.0. The molecule has 0 unspecified atom stereocenters. The average Bonchev–Trinajstić information content (AvgIpc) is 3.64. The van der Waals surface area contributed by atoms with E-state index in [0.717, 1.165) is 28.6 Å². The fourth-order valence-electron chi connectivity index (χ4n) is 8.67. The molecule has 0 fully saturated rings. The van der Waals surface area contributed by atoms with Crippen molar-refractivity contribution in [2.45, 2.75) is 19.3 Å². The summed E-state index contributed by atoms with van der Waals surface area (Å²) in [6, 6.07) is 52.8. The topological polar surface area (TPSA) is 18.5 Å². The number of fused-ring (bicyclic) bond motifs is 11. The summed E-state index contributed by atoms with van der Waals surface area (Å²) in [4.78, 5) is 0. The molecule has 0 saturated carbocycles. The van der Waals surface area contributed by atoms with Crippen LogP contribution in [-0.4, -0.2) is 0 Å². The molecule has 1 aliphatic carbocycles. The largest absolute Gasteiger partial charge is 0.449 e. The first-order chi connectivity index (χ1) is 24.6. The summed E-state index contributed by atoms with van der Waals surface area (Å²) >= 11 is 1.86. The SMILES string of the molecule is CC1(C)c2cccc(-c3c4ccccc4c(-c4ccc5sc6ccccc6c5c4)c4ccccc34)c2-c2c1ccc1c2Oc2ccccc2O1. The van der Waals surface area contributed by atoms with E-state index in [-0.39, 0.29) is 5.41 Å². The van der Waals surface area contributed by atoms with Crippen LogP contribution in [0.2, 0.25) is 0 Å². The molecule has 8 aromatic carbocycles. The van der Waals surface area contributed by atoms with Gasteiger partial charge >= 0.3 is 0 Å². The van der Waals surface area contributed by atoms with Gasteiger partial charge in [-0.2, -0.15) is 0 Å². The van der Waals surface area contributed by atoms with Crippen molar-refractivity contribution >= 4 is 53.1 Å². The summed E-state index contributed by atoms with van der Waals surface area (Å²) in [5, 5.41) is 7.61. The van der Waals surface area contributed by atoms with E-state index in [1.54, 1.807) is 0 Å². The summed E-state index contributed by atoms with van der Waals surface area (Å²) in [5.41, 5.74) is 9.65. The van der Waals surface area contributed by atoms with E-state index in [1.807, 2.05) is 35.6 Å². The molecule has 0 atom stereocenters. The lowest BCUT2D eigenvalue weighted by Crippen LogP contribution is -2.15. The van der Waals surface area contributed by atoms with Gasteiger partial charge in [0.2, 0.25) is 0 Å². The molecule has 50 heavy (non-hydrogen) atoms. The summed E-state index contributed by atoms with van der Waals surface area (Å²) in [7, 11) is 0. The van der Waals surface area contributed by atoms with Gasteiger partial charge in [-0.15, -0.1) is 11.3 Å². The highest BCUT2D eigenvalue weighted by Crippen LogP contribution is 2.61. The molecular weight excluding hydrogens is 629 g/mol. The van der Waals surface area contributed by atoms with Crippen molar-refractivity contribution in [1.82, 2.24) is 0 Å². The van der Waals surface area contributed by atoms with E-state index in [9.17, 15) is 0 Å².